The first-order valence-corrected chi connectivity index (χ1v) is 9.08. The maximum absolute atomic E-state index is 12.5. The molecule has 0 bridgehead atoms. The molecule has 3 heterocycles. The maximum Gasteiger partial charge on any atom is 0.222 e. The molecule has 1 atom stereocenters. The largest absolute Gasteiger partial charge is 0.364 e. The number of nitrogens with one attached hydrogen (secondary N) is 1. The lowest BCUT2D eigenvalue weighted by molar-refractivity contribution is -0.130. The second-order valence-corrected chi connectivity index (χ2v) is 6.85. The third kappa shape index (κ3) is 3.54. The van der Waals surface area contributed by atoms with Crippen molar-refractivity contribution in [1.82, 2.24) is 19.5 Å². The van der Waals surface area contributed by atoms with Crippen LogP contribution in [-0.2, 0) is 11.2 Å². The molecule has 0 radical (unpaired) electrons. The zero-order valence-corrected chi connectivity index (χ0v) is 14.9. The van der Waals surface area contributed by atoms with Crippen LogP contribution in [-0.4, -0.2) is 44.5 Å². The highest BCUT2D eigenvalue weighted by molar-refractivity contribution is 5.77. The van der Waals surface area contributed by atoms with Gasteiger partial charge in [-0.05, 0) is 31.4 Å². The number of anilines is 1. The molecule has 0 spiro atoms. The Morgan fingerprint density at radius 2 is 2.15 bits per heavy atom. The molecule has 1 amide bonds. The van der Waals surface area contributed by atoms with Crippen LogP contribution in [0.25, 0.3) is 5.52 Å². The molecule has 0 saturated carbocycles. The minimum absolute atomic E-state index is 0.226. The van der Waals surface area contributed by atoms with Crippen molar-refractivity contribution in [1.29, 1.82) is 0 Å². The summed E-state index contributed by atoms with van der Waals surface area (Å²) < 4.78 is 1.84. The Morgan fingerprint density at radius 1 is 1.31 bits per heavy atom. The van der Waals surface area contributed by atoms with E-state index in [1.165, 1.54) is 5.56 Å². The molecule has 1 N–H and O–H groups in total. The molecule has 6 heteroatoms. The summed E-state index contributed by atoms with van der Waals surface area (Å²) in [6, 6.07) is 12.4. The Morgan fingerprint density at radius 3 is 3.00 bits per heavy atom. The van der Waals surface area contributed by atoms with E-state index in [-0.39, 0.29) is 11.9 Å². The van der Waals surface area contributed by atoms with Gasteiger partial charge in [0, 0.05) is 37.9 Å². The van der Waals surface area contributed by atoms with Gasteiger partial charge in [0.15, 0.2) is 5.82 Å². The topological polar surface area (TPSA) is 62.5 Å². The van der Waals surface area contributed by atoms with Crippen molar-refractivity contribution in [2.45, 2.75) is 32.2 Å². The Balaban J connectivity index is 1.35. The number of aromatic nitrogens is 3. The van der Waals surface area contributed by atoms with Crippen molar-refractivity contribution in [3.8, 4) is 0 Å². The number of hydrogen-bond donors (Lipinski definition) is 1. The number of benzene rings is 1. The lowest BCUT2D eigenvalue weighted by Gasteiger charge is -2.17. The molecule has 1 fully saturated rings. The fourth-order valence-corrected chi connectivity index (χ4v) is 3.51. The third-order valence-electron chi connectivity index (χ3n) is 4.86. The predicted molar refractivity (Wildman–Crippen MR) is 101 cm³/mol. The van der Waals surface area contributed by atoms with E-state index in [4.69, 9.17) is 0 Å². The van der Waals surface area contributed by atoms with E-state index in [2.05, 4.69) is 27.5 Å². The van der Waals surface area contributed by atoms with E-state index in [1.54, 1.807) is 6.20 Å². The van der Waals surface area contributed by atoms with Crippen LogP contribution in [0, 0.1) is 6.92 Å². The Hall–Kier alpha value is -2.89. The zero-order chi connectivity index (χ0) is 17.9. The van der Waals surface area contributed by atoms with Crippen molar-refractivity contribution in [2.75, 3.05) is 18.4 Å². The number of rotatable bonds is 5. The molecule has 1 aromatic carbocycles. The molecular weight excluding hydrogens is 326 g/mol. The molecule has 0 aliphatic carbocycles. The van der Waals surface area contributed by atoms with Crippen molar-refractivity contribution < 1.29 is 4.79 Å². The van der Waals surface area contributed by atoms with Crippen LogP contribution >= 0.6 is 0 Å². The molecule has 1 saturated heterocycles. The second kappa shape index (κ2) is 7.15. The summed E-state index contributed by atoms with van der Waals surface area (Å²) in [4.78, 5) is 18.9. The molecule has 26 heavy (non-hydrogen) atoms. The van der Waals surface area contributed by atoms with Crippen molar-refractivity contribution >= 4 is 17.2 Å². The van der Waals surface area contributed by atoms with Crippen molar-refractivity contribution in [3.63, 3.8) is 0 Å². The van der Waals surface area contributed by atoms with E-state index in [9.17, 15) is 4.79 Å². The summed E-state index contributed by atoms with van der Waals surface area (Å²) in [7, 11) is 0. The van der Waals surface area contributed by atoms with Crippen molar-refractivity contribution in [3.05, 3.63) is 60.0 Å². The molecule has 6 nitrogen and oxygen atoms in total. The quantitative estimate of drug-likeness (QED) is 0.769. The third-order valence-corrected chi connectivity index (χ3v) is 4.86. The number of carbonyl (C=O) groups is 1. The van der Waals surface area contributed by atoms with E-state index in [0.717, 1.165) is 43.0 Å². The fourth-order valence-electron chi connectivity index (χ4n) is 3.51. The summed E-state index contributed by atoms with van der Waals surface area (Å²) in [5.74, 6) is 1.06. The van der Waals surface area contributed by atoms with Gasteiger partial charge in [-0.25, -0.2) is 9.50 Å². The molecule has 1 unspecified atom stereocenters. The van der Waals surface area contributed by atoms with Gasteiger partial charge in [0.25, 0.3) is 0 Å². The van der Waals surface area contributed by atoms with Crippen LogP contribution in [0.5, 0.6) is 0 Å². The molecule has 3 aromatic rings. The van der Waals surface area contributed by atoms with Gasteiger partial charge in [0.2, 0.25) is 5.91 Å². The van der Waals surface area contributed by atoms with Crippen LogP contribution in [0.2, 0.25) is 0 Å². The van der Waals surface area contributed by atoms with Gasteiger partial charge in [0.1, 0.15) is 5.52 Å². The molecule has 1 aliphatic rings. The van der Waals surface area contributed by atoms with Crippen LogP contribution in [0.4, 0.5) is 5.82 Å². The first-order chi connectivity index (χ1) is 12.7. The summed E-state index contributed by atoms with van der Waals surface area (Å²) in [6.07, 6.45) is 5.89. The first-order valence-electron chi connectivity index (χ1n) is 9.08. The molecule has 1 aliphatic heterocycles. The lowest BCUT2D eigenvalue weighted by Crippen LogP contribution is -2.31. The summed E-state index contributed by atoms with van der Waals surface area (Å²) in [5, 5.41) is 7.91. The normalized spacial score (nSPS) is 17.0. The highest BCUT2D eigenvalue weighted by atomic mass is 16.2. The average molecular weight is 349 g/mol. The monoisotopic (exact) mass is 349 g/mol. The van der Waals surface area contributed by atoms with Gasteiger partial charge in [0.05, 0.1) is 5.69 Å². The van der Waals surface area contributed by atoms with Crippen LogP contribution in [0.3, 0.4) is 0 Å². The second-order valence-electron chi connectivity index (χ2n) is 6.85. The average Bonchev–Trinajstić information content (AvgIpc) is 3.27. The highest BCUT2D eigenvalue weighted by Gasteiger charge is 2.26. The number of amides is 1. The van der Waals surface area contributed by atoms with Crippen LogP contribution < -0.4 is 5.32 Å². The number of aryl methyl sites for hydroxylation is 2. The minimum atomic E-state index is 0.226. The van der Waals surface area contributed by atoms with E-state index >= 15 is 0 Å². The van der Waals surface area contributed by atoms with E-state index in [1.807, 2.05) is 46.8 Å². The lowest BCUT2D eigenvalue weighted by atomic mass is 10.1. The van der Waals surface area contributed by atoms with E-state index < -0.39 is 0 Å². The Labute approximate surface area is 152 Å². The fraction of sp³-hybridized carbons (Fsp3) is 0.350. The molecule has 2 aromatic heterocycles. The molecular formula is C20H23N5O. The summed E-state index contributed by atoms with van der Waals surface area (Å²) >= 11 is 0. The number of fused-ring (bicyclic) bond motifs is 1. The number of hydrogen-bond acceptors (Lipinski definition) is 4. The van der Waals surface area contributed by atoms with Gasteiger partial charge >= 0.3 is 0 Å². The summed E-state index contributed by atoms with van der Waals surface area (Å²) in [5.41, 5.74) is 3.14. The zero-order valence-electron chi connectivity index (χ0n) is 14.9. The summed E-state index contributed by atoms with van der Waals surface area (Å²) in [6.45, 7) is 3.50. The minimum Gasteiger partial charge on any atom is -0.364 e. The van der Waals surface area contributed by atoms with Gasteiger partial charge in [-0.3, -0.25) is 4.79 Å². The molecule has 4 rings (SSSR count). The van der Waals surface area contributed by atoms with E-state index in [0.29, 0.717) is 6.42 Å². The van der Waals surface area contributed by atoms with Gasteiger partial charge in [-0.15, -0.1) is 0 Å². The Bertz CT molecular complexity index is 905. The van der Waals surface area contributed by atoms with Gasteiger partial charge in [-0.1, -0.05) is 30.3 Å². The van der Waals surface area contributed by atoms with Crippen molar-refractivity contribution in [2.24, 2.45) is 0 Å². The SMILES string of the molecule is Cc1cc2c(NC3CCN(C(=O)CCc4ccccc4)C3)nccn2n1. The van der Waals surface area contributed by atoms with Gasteiger partial charge in [-0.2, -0.15) is 5.10 Å². The Kier molecular flexibility index (Phi) is 4.56. The highest BCUT2D eigenvalue weighted by Crippen LogP contribution is 2.20. The van der Waals surface area contributed by atoms with Gasteiger partial charge < -0.3 is 10.2 Å². The standard InChI is InChI=1S/C20H23N5O/c1-15-13-18-20(21-10-12-25(18)23-15)22-17-9-11-24(14-17)19(26)8-7-16-5-3-2-4-6-16/h2-6,10,12-13,17H,7-9,11,14H2,1H3,(H,21,22). The number of likely N-dealkylation sites (tertiary alicyclic amines) is 1. The number of carbonyl (C=O) groups excluding carboxylic acids is 1. The molecule has 134 valence electrons. The van der Waals surface area contributed by atoms with Crippen LogP contribution in [0.15, 0.2) is 48.8 Å². The van der Waals surface area contributed by atoms with Crippen LogP contribution in [0.1, 0.15) is 24.1 Å². The smallest absolute Gasteiger partial charge is 0.222 e. The maximum atomic E-state index is 12.5. The number of nitrogens with zero attached hydrogens (tertiary/aromatic N) is 4. The first kappa shape index (κ1) is 16.6. The predicted octanol–water partition coefficient (Wildman–Crippen LogP) is 2.68.